The van der Waals surface area contributed by atoms with E-state index < -0.39 is 17.3 Å². The van der Waals surface area contributed by atoms with Crippen molar-refractivity contribution in [2.45, 2.75) is 65.0 Å². The second kappa shape index (κ2) is 12.6. The molecule has 1 N–H and O–H groups in total. The molecule has 224 valence electrons. The standard InChI is InChI=1S/C32H37Cl2FN4O3/c1-3-5-11-32(31(42)38-14-12-37(13-15-38)28(40)6-4-2)18-29(41)39(20-21-7-10-25(34)26(35)16-21)30(32)24-19-36-27-17-22(33)8-9-23(24)27/h7-10,16-17,19,30,36H,3-6,11-15,18,20H2,1-2H3/t30-,32+/m0/s1. The molecule has 10 heteroatoms. The van der Waals surface area contributed by atoms with Gasteiger partial charge in [-0.1, -0.05) is 62.0 Å². The van der Waals surface area contributed by atoms with Gasteiger partial charge in [0.05, 0.1) is 16.5 Å². The van der Waals surface area contributed by atoms with Gasteiger partial charge in [0.25, 0.3) is 0 Å². The fourth-order valence-corrected chi connectivity index (χ4v) is 6.89. The number of unbranched alkanes of at least 4 members (excludes halogenated alkanes) is 1. The number of carbonyl (C=O) groups excluding carboxylic acids is 3. The number of carbonyl (C=O) groups is 3. The van der Waals surface area contributed by atoms with Crippen LogP contribution in [0, 0.1) is 11.2 Å². The molecule has 2 saturated heterocycles. The first kappa shape index (κ1) is 30.4. The number of likely N-dealkylation sites (tertiary alicyclic amines) is 1. The predicted molar refractivity (Wildman–Crippen MR) is 163 cm³/mol. The molecule has 0 bridgehead atoms. The van der Waals surface area contributed by atoms with Crippen molar-refractivity contribution >= 4 is 51.8 Å². The maximum Gasteiger partial charge on any atom is 0.231 e. The molecule has 5 rings (SSSR count). The van der Waals surface area contributed by atoms with E-state index in [1.165, 1.54) is 12.1 Å². The monoisotopic (exact) mass is 614 g/mol. The van der Waals surface area contributed by atoms with Crippen molar-refractivity contribution < 1.29 is 18.8 Å². The van der Waals surface area contributed by atoms with Crippen LogP contribution in [0.25, 0.3) is 10.9 Å². The van der Waals surface area contributed by atoms with Crippen molar-refractivity contribution in [2.75, 3.05) is 26.2 Å². The number of aromatic nitrogens is 1. The third-order valence-electron chi connectivity index (χ3n) is 8.72. The molecule has 3 heterocycles. The minimum Gasteiger partial charge on any atom is -0.361 e. The first-order valence-electron chi connectivity index (χ1n) is 14.8. The Hall–Kier alpha value is -3.10. The quantitative estimate of drug-likeness (QED) is 0.290. The number of H-pyrrole nitrogens is 1. The topological polar surface area (TPSA) is 76.7 Å². The molecule has 1 aromatic heterocycles. The summed E-state index contributed by atoms with van der Waals surface area (Å²) in [5, 5.41) is 1.48. The molecule has 3 aromatic rings. The van der Waals surface area contributed by atoms with E-state index in [1.54, 1.807) is 17.0 Å². The summed E-state index contributed by atoms with van der Waals surface area (Å²) in [6.45, 7) is 6.00. The summed E-state index contributed by atoms with van der Waals surface area (Å²) < 4.78 is 14.5. The molecule has 2 atom stereocenters. The Morgan fingerprint density at radius 1 is 1.02 bits per heavy atom. The Bertz CT molecular complexity index is 1490. The molecule has 0 saturated carbocycles. The Balaban J connectivity index is 1.57. The number of rotatable bonds is 9. The molecule has 0 spiro atoms. The van der Waals surface area contributed by atoms with Crippen molar-refractivity contribution in [1.29, 1.82) is 0 Å². The van der Waals surface area contributed by atoms with Crippen LogP contribution in [-0.2, 0) is 20.9 Å². The molecule has 2 aliphatic rings. The number of amides is 3. The molecule has 2 aromatic carbocycles. The van der Waals surface area contributed by atoms with Gasteiger partial charge in [0, 0.05) is 73.3 Å². The zero-order chi connectivity index (χ0) is 30.0. The van der Waals surface area contributed by atoms with Gasteiger partial charge in [0.15, 0.2) is 0 Å². The number of nitrogens with zero attached hydrogens (tertiary/aromatic N) is 3. The minimum atomic E-state index is -1.03. The third-order valence-corrected chi connectivity index (χ3v) is 9.26. The van der Waals surface area contributed by atoms with Crippen LogP contribution in [0.4, 0.5) is 4.39 Å². The fourth-order valence-electron chi connectivity index (χ4n) is 6.60. The van der Waals surface area contributed by atoms with E-state index in [4.69, 9.17) is 23.2 Å². The number of aromatic amines is 1. The summed E-state index contributed by atoms with van der Waals surface area (Å²) in [5.74, 6) is -0.661. The van der Waals surface area contributed by atoms with Gasteiger partial charge in [-0.15, -0.1) is 0 Å². The largest absolute Gasteiger partial charge is 0.361 e. The third kappa shape index (κ3) is 5.76. The lowest BCUT2D eigenvalue weighted by Gasteiger charge is -2.43. The summed E-state index contributed by atoms with van der Waals surface area (Å²) in [6, 6.07) is 9.52. The summed E-state index contributed by atoms with van der Waals surface area (Å²) in [5.41, 5.74) is 1.22. The van der Waals surface area contributed by atoms with Gasteiger partial charge in [0.1, 0.15) is 5.82 Å². The number of piperazine rings is 1. The molecule has 2 fully saturated rings. The van der Waals surface area contributed by atoms with Gasteiger partial charge < -0.3 is 19.7 Å². The maximum absolute atomic E-state index is 14.7. The van der Waals surface area contributed by atoms with Crippen LogP contribution in [0.1, 0.15) is 69.5 Å². The van der Waals surface area contributed by atoms with E-state index >= 15 is 0 Å². The lowest BCUT2D eigenvalue weighted by atomic mass is 9.72. The zero-order valence-corrected chi connectivity index (χ0v) is 25.6. The normalized spacial score (nSPS) is 21.0. The smallest absolute Gasteiger partial charge is 0.231 e. The van der Waals surface area contributed by atoms with Gasteiger partial charge in [0.2, 0.25) is 17.7 Å². The lowest BCUT2D eigenvalue weighted by Crippen LogP contribution is -2.55. The van der Waals surface area contributed by atoms with Crippen LogP contribution in [0.3, 0.4) is 0 Å². The highest BCUT2D eigenvalue weighted by Crippen LogP contribution is 2.54. The predicted octanol–water partition coefficient (Wildman–Crippen LogP) is 6.73. The number of hydrogen-bond donors (Lipinski definition) is 1. The molecule has 3 amide bonds. The van der Waals surface area contributed by atoms with Gasteiger partial charge in [-0.3, -0.25) is 14.4 Å². The molecular formula is C32H37Cl2FN4O3. The number of benzene rings is 2. The van der Waals surface area contributed by atoms with E-state index in [9.17, 15) is 18.8 Å². The van der Waals surface area contributed by atoms with E-state index in [-0.39, 0.29) is 35.7 Å². The lowest BCUT2D eigenvalue weighted by molar-refractivity contribution is -0.149. The average molecular weight is 616 g/mol. The summed E-state index contributed by atoms with van der Waals surface area (Å²) in [4.78, 5) is 49.9. The molecule has 2 aliphatic heterocycles. The highest BCUT2D eigenvalue weighted by atomic mass is 35.5. The minimum absolute atomic E-state index is 0.0144. The highest BCUT2D eigenvalue weighted by molar-refractivity contribution is 6.31. The van der Waals surface area contributed by atoms with E-state index in [0.29, 0.717) is 49.6 Å². The van der Waals surface area contributed by atoms with Gasteiger partial charge in [-0.25, -0.2) is 4.39 Å². The molecule has 0 unspecified atom stereocenters. The Kier molecular flexibility index (Phi) is 9.14. The molecular weight excluding hydrogens is 578 g/mol. The second-order valence-corrected chi connectivity index (χ2v) is 12.3. The summed E-state index contributed by atoms with van der Waals surface area (Å²) >= 11 is 12.2. The van der Waals surface area contributed by atoms with Gasteiger partial charge >= 0.3 is 0 Å². The van der Waals surface area contributed by atoms with Crippen molar-refractivity contribution in [2.24, 2.45) is 5.41 Å². The van der Waals surface area contributed by atoms with Crippen molar-refractivity contribution in [3.8, 4) is 0 Å². The molecule has 0 radical (unpaired) electrons. The molecule has 0 aliphatic carbocycles. The van der Waals surface area contributed by atoms with Gasteiger partial charge in [-0.05, 0) is 42.7 Å². The maximum atomic E-state index is 14.7. The van der Waals surface area contributed by atoms with E-state index in [2.05, 4.69) is 11.9 Å². The van der Waals surface area contributed by atoms with E-state index in [0.717, 1.165) is 35.7 Å². The molecule has 7 nitrogen and oxygen atoms in total. The Morgan fingerprint density at radius 2 is 1.76 bits per heavy atom. The van der Waals surface area contributed by atoms with Crippen LogP contribution in [0.5, 0.6) is 0 Å². The van der Waals surface area contributed by atoms with Crippen molar-refractivity contribution in [3.63, 3.8) is 0 Å². The van der Waals surface area contributed by atoms with Crippen molar-refractivity contribution in [1.82, 2.24) is 19.7 Å². The average Bonchev–Trinajstić information content (AvgIpc) is 3.51. The number of nitrogens with one attached hydrogen (secondary N) is 1. The Morgan fingerprint density at radius 3 is 2.45 bits per heavy atom. The summed E-state index contributed by atoms with van der Waals surface area (Å²) in [7, 11) is 0. The number of halogens is 3. The van der Waals surface area contributed by atoms with Crippen LogP contribution in [0.2, 0.25) is 10.0 Å². The second-order valence-electron chi connectivity index (χ2n) is 11.5. The van der Waals surface area contributed by atoms with Gasteiger partial charge in [-0.2, -0.15) is 0 Å². The first-order chi connectivity index (χ1) is 20.2. The SMILES string of the molecule is CCCC[C@@]1(C(=O)N2CCN(C(=O)CCC)CC2)CC(=O)N(Cc2ccc(Cl)c(F)c2)[C@H]1c1c[nH]c2cc(Cl)ccc12. The Labute approximate surface area is 255 Å². The number of hydrogen-bond acceptors (Lipinski definition) is 3. The van der Waals surface area contributed by atoms with Crippen LogP contribution in [-0.4, -0.2) is 63.6 Å². The number of fused-ring (bicyclic) bond motifs is 1. The van der Waals surface area contributed by atoms with Crippen LogP contribution < -0.4 is 0 Å². The van der Waals surface area contributed by atoms with Crippen LogP contribution in [0.15, 0.2) is 42.6 Å². The first-order valence-corrected chi connectivity index (χ1v) is 15.5. The highest BCUT2D eigenvalue weighted by Gasteiger charge is 2.58. The summed E-state index contributed by atoms with van der Waals surface area (Å²) in [6.07, 6.45) is 5.36. The van der Waals surface area contributed by atoms with Crippen LogP contribution >= 0.6 is 23.2 Å². The zero-order valence-electron chi connectivity index (χ0n) is 24.1. The van der Waals surface area contributed by atoms with Crippen molar-refractivity contribution in [3.05, 3.63) is 69.6 Å². The van der Waals surface area contributed by atoms with E-state index in [1.807, 2.05) is 35.1 Å². The molecule has 42 heavy (non-hydrogen) atoms. The fraction of sp³-hybridized carbons (Fsp3) is 0.469.